The highest BCUT2D eigenvalue weighted by atomic mass is 32.1. The number of rotatable bonds is 7. The molecule has 0 unspecified atom stereocenters. The van der Waals surface area contributed by atoms with Gasteiger partial charge in [0, 0.05) is 10.4 Å². The molecule has 0 saturated carbocycles. The molecule has 2 aromatic carbocycles. The van der Waals surface area contributed by atoms with E-state index in [-0.39, 0.29) is 11.3 Å². The van der Waals surface area contributed by atoms with Crippen LogP contribution in [-0.4, -0.2) is 31.1 Å². The molecule has 0 spiro atoms. The third kappa shape index (κ3) is 4.13. The predicted molar refractivity (Wildman–Crippen MR) is 110 cm³/mol. The van der Waals surface area contributed by atoms with Crippen LogP contribution < -0.4 is 9.47 Å². The predicted octanol–water partition coefficient (Wildman–Crippen LogP) is 5.03. The Morgan fingerprint density at radius 3 is 2.07 bits per heavy atom. The highest BCUT2D eigenvalue weighted by molar-refractivity contribution is 7.13. The molecule has 0 saturated heterocycles. The lowest BCUT2D eigenvalue weighted by molar-refractivity contribution is 0.0696. The Bertz CT molecular complexity index is 993. The van der Waals surface area contributed by atoms with E-state index in [4.69, 9.17) is 14.6 Å². The van der Waals surface area contributed by atoms with Gasteiger partial charge in [0.15, 0.2) is 5.78 Å². The van der Waals surface area contributed by atoms with Crippen LogP contribution in [0.15, 0.2) is 60.0 Å². The number of thiophene rings is 1. The third-order valence-electron chi connectivity index (χ3n) is 4.17. The number of ketones is 1. The summed E-state index contributed by atoms with van der Waals surface area (Å²) in [6, 6.07) is 13.6. The average Bonchev–Trinajstić information content (AvgIpc) is 3.26. The number of carboxylic acids is 1. The Balaban J connectivity index is 1.92. The van der Waals surface area contributed by atoms with E-state index in [2.05, 4.69) is 0 Å². The number of carbonyl (C=O) groups excluding carboxylic acids is 1. The summed E-state index contributed by atoms with van der Waals surface area (Å²) in [5, 5.41) is 10.9. The van der Waals surface area contributed by atoms with Crippen molar-refractivity contribution in [3.63, 3.8) is 0 Å². The van der Waals surface area contributed by atoms with E-state index in [1.54, 1.807) is 31.6 Å². The van der Waals surface area contributed by atoms with Crippen molar-refractivity contribution in [2.45, 2.75) is 0 Å². The fourth-order valence-electron chi connectivity index (χ4n) is 2.72. The molecule has 1 aromatic heterocycles. The summed E-state index contributed by atoms with van der Waals surface area (Å²) in [7, 11) is 3.13. The molecule has 1 N–H and O–H groups in total. The van der Waals surface area contributed by atoms with E-state index in [9.17, 15) is 9.59 Å². The summed E-state index contributed by atoms with van der Waals surface area (Å²) in [5.41, 5.74) is 2.15. The normalized spacial score (nSPS) is 10.8. The smallest absolute Gasteiger partial charge is 0.335 e. The van der Waals surface area contributed by atoms with Crippen LogP contribution >= 0.6 is 11.3 Å². The monoisotopic (exact) mass is 394 g/mol. The number of benzene rings is 2. The SMILES string of the molecule is COc1cc(-c2cccs2)cc(OC)c1C=CC(=O)c1ccc(C(=O)O)cc1. The van der Waals surface area contributed by atoms with Crippen molar-refractivity contribution in [1.82, 2.24) is 0 Å². The molecule has 6 heteroatoms. The molecule has 0 atom stereocenters. The van der Waals surface area contributed by atoms with Crippen molar-refractivity contribution in [3.8, 4) is 21.9 Å². The quantitative estimate of drug-likeness (QED) is 0.450. The van der Waals surface area contributed by atoms with Crippen molar-refractivity contribution in [2.24, 2.45) is 0 Å². The molecule has 0 bridgehead atoms. The number of hydrogen-bond acceptors (Lipinski definition) is 5. The van der Waals surface area contributed by atoms with Gasteiger partial charge in [-0.1, -0.05) is 18.2 Å². The number of allylic oxidation sites excluding steroid dienone is 1. The standard InChI is InChI=1S/C22H18O5S/c1-26-19-12-16(21-4-3-11-28-21)13-20(27-2)17(19)9-10-18(23)14-5-7-15(8-6-14)22(24)25/h3-13H,1-2H3,(H,24,25). The molecule has 0 amide bonds. The van der Waals surface area contributed by atoms with E-state index in [1.807, 2.05) is 29.6 Å². The molecule has 1 heterocycles. The summed E-state index contributed by atoms with van der Waals surface area (Å²) in [6.45, 7) is 0. The molecule has 0 aliphatic heterocycles. The molecule has 3 aromatic rings. The van der Waals surface area contributed by atoms with Gasteiger partial charge in [0.25, 0.3) is 0 Å². The van der Waals surface area contributed by atoms with Gasteiger partial charge >= 0.3 is 5.97 Å². The van der Waals surface area contributed by atoms with Gasteiger partial charge < -0.3 is 14.6 Å². The summed E-state index contributed by atoms with van der Waals surface area (Å²) in [6.07, 6.45) is 3.06. The number of aromatic carboxylic acids is 1. The minimum atomic E-state index is -1.03. The highest BCUT2D eigenvalue weighted by Crippen LogP contribution is 2.37. The molecular weight excluding hydrogens is 376 g/mol. The molecule has 142 valence electrons. The Labute approximate surface area is 166 Å². The molecule has 0 aliphatic rings. The van der Waals surface area contributed by atoms with Gasteiger partial charge in [0.2, 0.25) is 0 Å². The first-order valence-corrected chi connectivity index (χ1v) is 9.27. The number of ether oxygens (including phenoxy) is 2. The highest BCUT2D eigenvalue weighted by Gasteiger charge is 2.13. The lowest BCUT2D eigenvalue weighted by atomic mass is 10.0. The van der Waals surface area contributed by atoms with Crippen molar-refractivity contribution in [1.29, 1.82) is 0 Å². The van der Waals surface area contributed by atoms with Crippen molar-refractivity contribution < 1.29 is 24.2 Å². The van der Waals surface area contributed by atoms with Gasteiger partial charge in [-0.3, -0.25) is 4.79 Å². The van der Waals surface area contributed by atoms with Crippen LogP contribution in [0.5, 0.6) is 11.5 Å². The van der Waals surface area contributed by atoms with Crippen LogP contribution in [0, 0.1) is 0 Å². The topological polar surface area (TPSA) is 72.8 Å². The van der Waals surface area contributed by atoms with E-state index >= 15 is 0 Å². The summed E-state index contributed by atoms with van der Waals surface area (Å²) in [5.74, 6) is -0.0979. The first kappa shape index (κ1) is 19.4. The van der Waals surface area contributed by atoms with Gasteiger partial charge in [-0.2, -0.15) is 0 Å². The zero-order chi connectivity index (χ0) is 20.1. The van der Waals surface area contributed by atoms with Crippen LogP contribution in [0.3, 0.4) is 0 Å². The number of hydrogen-bond donors (Lipinski definition) is 1. The van der Waals surface area contributed by atoms with Gasteiger partial charge in [0.1, 0.15) is 11.5 Å². The Morgan fingerprint density at radius 1 is 0.964 bits per heavy atom. The second kappa shape index (κ2) is 8.54. The average molecular weight is 394 g/mol. The van der Waals surface area contributed by atoms with Crippen LogP contribution in [-0.2, 0) is 0 Å². The van der Waals surface area contributed by atoms with Gasteiger partial charge in [-0.15, -0.1) is 11.3 Å². The largest absolute Gasteiger partial charge is 0.496 e. The van der Waals surface area contributed by atoms with Crippen LogP contribution in [0.4, 0.5) is 0 Å². The minimum Gasteiger partial charge on any atom is -0.496 e. The molecule has 0 radical (unpaired) electrons. The molecule has 0 fully saturated rings. The number of carbonyl (C=O) groups is 2. The number of carboxylic acid groups (broad SMARTS) is 1. The summed E-state index contributed by atoms with van der Waals surface area (Å²) >= 11 is 1.61. The molecule has 3 rings (SSSR count). The van der Waals surface area contributed by atoms with Gasteiger partial charge in [-0.05, 0) is 53.4 Å². The second-order valence-electron chi connectivity index (χ2n) is 5.85. The first-order valence-electron chi connectivity index (χ1n) is 8.39. The molecule has 5 nitrogen and oxygen atoms in total. The maximum Gasteiger partial charge on any atom is 0.335 e. The van der Waals surface area contributed by atoms with Crippen molar-refractivity contribution >= 4 is 29.2 Å². The Morgan fingerprint density at radius 2 is 1.57 bits per heavy atom. The lowest BCUT2D eigenvalue weighted by Crippen LogP contribution is -1.99. The van der Waals surface area contributed by atoms with Gasteiger partial charge in [0.05, 0.1) is 25.3 Å². The number of methoxy groups -OCH3 is 2. The second-order valence-corrected chi connectivity index (χ2v) is 6.80. The van der Waals surface area contributed by atoms with Gasteiger partial charge in [-0.25, -0.2) is 4.79 Å². The zero-order valence-electron chi connectivity index (χ0n) is 15.3. The maximum atomic E-state index is 12.4. The fourth-order valence-corrected chi connectivity index (χ4v) is 3.44. The van der Waals surface area contributed by atoms with E-state index in [0.717, 1.165) is 10.4 Å². The summed E-state index contributed by atoms with van der Waals surface area (Å²) in [4.78, 5) is 24.4. The fraction of sp³-hybridized carbons (Fsp3) is 0.0909. The Kier molecular flexibility index (Phi) is 5.91. The maximum absolute atomic E-state index is 12.4. The van der Waals surface area contributed by atoms with Crippen LogP contribution in [0.1, 0.15) is 26.3 Å². The van der Waals surface area contributed by atoms with Crippen LogP contribution in [0.25, 0.3) is 16.5 Å². The van der Waals surface area contributed by atoms with E-state index in [0.29, 0.717) is 22.6 Å². The molecule has 0 aliphatic carbocycles. The van der Waals surface area contributed by atoms with E-state index in [1.165, 1.54) is 30.3 Å². The summed E-state index contributed by atoms with van der Waals surface area (Å²) < 4.78 is 11.0. The third-order valence-corrected chi connectivity index (χ3v) is 5.09. The first-order chi connectivity index (χ1) is 13.5. The molecular formula is C22H18O5S. The van der Waals surface area contributed by atoms with Crippen molar-refractivity contribution in [2.75, 3.05) is 14.2 Å². The van der Waals surface area contributed by atoms with E-state index < -0.39 is 5.97 Å². The van der Waals surface area contributed by atoms with Crippen LogP contribution in [0.2, 0.25) is 0 Å². The zero-order valence-corrected chi connectivity index (χ0v) is 16.2. The van der Waals surface area contributed by atoms with Crippen molar-refractivity contribution in [3.05, 3.63) is 76.7 Å². The molecule has 28 heavy (non-hydrogen) atoms. The lowest BCUT2D eigenvalue weighted by Gasteiger charge is -2.12. The Hall–Kier alpha value is -3.38. The minimum absolute atomic E-state index is 0.132.